The summed E-state index contributed by atoms with van der Waals surface area (Å²) in [6.45, 7) is 3.50. The van der Waals surface area contributed by atoms with Crippen molar-refractivity contribution in [3.8, 4) is 5.75 Å². The Morgan fingerprint density at radius 1 is 1.43 bits per heavy atom. The van der Waals surface area contributed by atoms with Gasteiger partial charge in [0, 0.05) is 16.6 Å². The molecule has 2 aromatic rings. The average molecular weight is 293 g/mol. The summed E-state index contributed by atoms with van der Waals surface area (Å²) in [5, 5.41) is 28.9. The van der Waals surface area contributed by atoms with Gasteiger partial charge in [0.1, 0.15) is 5.75 Å². The van der Waals surface area contributed by atoms with Crippen molar-refractivity contribution in [2.45, 2.75) is 26.5 Å². The van der Waals surface area contributed by atoms with Crippen LogP contribution in [0.1, 0.15) is 23.0 Å². The minimum atomic E-state index is -0.928. The summed E-state index contributed by atoms with van der Waals surface area (Å²) in [6, 6.07) is 4.68. The minimum Gasteiger partial charge on any atom is -0.508 e. The van der Waals surface area contributed by atoms with Crippen LogP contribution in [0.4, 0.5) is 0 Å². The van der Waals surface area contributed by atoms with E-state index in [1.807, 2.05) is 0 Å². The number of fused-ring (bicyclic) bond motifs is 1. The molecule has 6 nitrogen and oxygen atoms in total. The molecule has 0 aliphatic heterocycles. The molecule has 1 heterocycles. The Morgan fingerprint density at radius 3 is 2.76 bits per heavy atom. The van der Waals surface area contributed by atoms with E-state index in [-0.39, 0.29) is 25.5 Å². The van der Waals surface area contributed by atoms with Gasteiger partial charge >= 0.3 is 5.97 Å². The maximum absolute atomic E-state index is 12.1. The third-order valence-electron chi connectivity index (χ3n) is 3.39. The van der Waals surface area contributed by atoms with Gasteiger partial charge in [0.15, 0.2) is 0 Å². The van der Waals surface area contributed by atoms with Gasteiger partial charge < -0.3 is 24.6 Å². The Bertz CT molecular complexity index is 662. The lowest BCUT2D eigenvalue weighted by atomic mass is 10.1. The van der Waals surface area contributed by atoms with Crippen LogP contribution in [-0.4, -0.2) is 45.2 Å². The lowest BCUT2D eigenvalue weighted by Crippen LogP contribution is -2.20. The topological polar surface area (TPSA) is 91.9 Å². The fourth-order valence-electron chi connectivity index (χ4n) is 2.43. The minimum absolute atomic E-state index is 0.0490. The Balaban J connectivity index is 2.64. The summed E-state index contributed by atoms with van der Waals surface area (Å²) in [5.41, 5.74) is 1.69. The van der Waals surface area contributed by atoms with E-state index < -0.39 is 12.1 Å². The number of esters is 1. The normalized spacial score (nSPS) is 12.6. The number of aromatic hydroxyl groups is 1. The number of rotatable bonds is 5. The fraction of sp³-hybridized carbons (Fsp3) is 0.400. The second kappa shape index (κ2) is 6.15. The number of nitrogens with zero attached hydrogens (tertiary/aromatic N) is 1. The predicted octanol–water partition coefficient (Wildman–Crippen LogP) is 1.19. The van der Waals surface area contributed by atoms with Gasteiger partial charge in [0.2, 0.25) is 0 Å². The van der Waals surface area contributed by atoms with E-state index in [4.69, 9.17) is 9.84 Å². The molecule has 0 spiro atoms. The first-order valence-electron chi connectivity index (χ1n) is 6.77. The number of aliphatic hydroxyl groups is 2. The molecule has 6 heteroatoms. The highest BCUT2D eigenvalue weighted by molar-refractivity contribution is 6.06. The lowest BCUT2D eigenvalue weighted by Gasteiger charge is -2.12. The number of benzene rings is 1. The van der Waals surface area contributed by atoms with Crippen LogP contribution >= 0.6 is 0 Å². The van der Waals surface area contributed by atoms with Crippen molar-refractivity contribution in [1.82, 2.24) is 4.57 Å². The zero-order valence-electron chi connectivity index (χ0n) is 12.0. The zero-order valence-corrected chi connectivity index (χ0v) is 12.0. The van der Waals surface area contributed by atoms with Gasteiger partial charge in [-0.3, -0.25) is 0 Å². The molecule has 0 radical (unpaired) electrons. The standard InChI is InChI=1S/C15H19NO5/c1-3-21-15(20)14-9(2)16(7-11(19)8-17)13-5-4-10(18)6-12(13)14/h4-6,11,17-19H,3,7-8H2,1-2H3/t11-/m1/s1. The third-order valence-corrected chi connectivity index (χ3v) is 3.39. The van der Waals surface area contributed by atoms with Crippen LogP contribution in [0.25, 0.3) is 10.9 Å². The first kappa shape index (κ1) is 15.3. The van der Waals surface area contributed by atoms with E-state index in [9.17, 15) is 15.0 Å². The smallest absolute Gasteiger partial charge is 0.340 e. The van der Waals surface area contributed by atoms with Crippen LogP contribution in [0.2, 0.25) is 0 Å². The number of carbonyl (C=O) groups is 1. The number of phenolic OH excluding ortho intramolecular Hbond substituents is 1. The summed E-state index contributed by atoms with van der Waals surface area (Å²) in [4.78, 5) is 12.1. The molecule has 1 atom stereocenters. The van der Waals surface area contributed by atoms with Crippen LogP contribution in [0.3, 0.4) is 0 Å². The molecule has 0 aliphatic rings. The largest absolute Gasteiger partial charge is 0.508 e. The van der Waals surface area contributed by atoms with Crippen molar-refractivity contribution in [3.63, 3.8) is 0 Å². The van der Waals surface area contributed by atoms with Gasteiger partial charge in [-0.15, -0.1) is 0 Å². The van der Waals surface area contributed by atoms with Crippen LogP contribution in [0.5, 0.6) is 5.75 Å². The van der Waals surface area contributed by atoms with E-state index in [0.29, 0.717) is 22.2 Å². The molecule has 0 saturated heterocycles. The van der Waals surface area contributed by atoms with Crippen LogP contribution in [-0.2, 0) is 11.3 Å². The molecule has 0 unspecified atom stereocenters. The number of ether oxygens (including phenoxy) is 1. The van der Waals surface area contributed by atoms with Gasteiger partial charge in [-0.2, -0.15) is 0 Å². The second-order valence-corrected chi connectivity index (χ2v) is 4.83. The van der Waals surface area contributed by atoms with Gasteiger partial charge in [0.05, 0.1) is 31.4 Å². The van der Waals surface area contributed by atoms with Gasteiger partial charge in [-0.25, -0.2) is 4.79 Å². The lowest BCUT2D eigenvalue weighted by molar-refractivity contribution is 0.0526. The molecule has 0 amide bonds. The van der Waals surface area contributed by atoms with Crippen LogP contribution < -0.4 is 0 Å². The Kier molecular flexibility index (Phi) is 4.50. The molecule has 0 aliphatic carbocycles. The molecule has 21 heavy (non-hydrogen) atoms. The molecule has 114 valence electrons. The van der Waals surface area contributed by atoms with E-state index >= 15 is 0 Å². The summed E-state index contributed by atoms with van der Waals surface area (Å²) >= 11 is 0. The molecule has 3 N–H and O–H groups in total. The second-order valence-electron chi connectivity index (χ2n) is 4.83. The average Bonchev–Trinajstić information content (AvgIpc) is 2.71. The Morgan fingerprint density at radius 2 is 2.14 bits per heavy atom. The predicted molar refractivity (Wildman–Crippen MR) is 77.4 cm³/mol. The molecule has 0 fully saturated rings. The van der Waals surface area contributed by atoms with Crippen molar-refractivity contribution < 1.29 is 24.9 Å². The fourth-order valence-corrected chi connectivity index (χ4v) is 2.43. The summed E-state index contributed by atoms with van der Waals surface area (Å²) < 4.78 is 6.79. The van der Waals surface area contributed by atoms with Crippen molar-refractivity contribution in [2.75, 3.05) is 13.2 Å². The maximum Gasteiger partial charge on any atom is 0.340 e. The summed E-state index contributed by atoms with van der Waals surface area (Å²) in [6.07, 6.45) is -0.928. The van der Waals surface area contributed by atoms with E-state index in [1.54, 1.807) is 24.5 Å². The van der Waals surface area contributed by atoms with Crippen molar-refractivity contribution in [3.05, 3.63) is 29.5 Å². The zero-order chi connectivity index (χ0) is 15.6. The first-order chi connectivity index (χ1) is 9.99. The molecule has 1 aromatic carbocycles. The first-order valence-corrected chi connectivity index (χ1v) is 6.77. The number of aromatic nitrogens is 1. The van der Waals surface area contributed by atoms with Gasteiger partial charge in [0.25, 0.3) is 0 Å². The quantitative estimate of drug-likeness (QED) is 0.720. The van der Waals surface area contributed by atoms with E-state index in [0.717, 1.165) is 0 Å². The van der Waals surface area contributed by atoms with Crippen LogP contribution in [0.15, 0.2) is 18.2 Å². The number of hydrogen-bond acceptors (Lipinski definition) is 5. The van der Waals surface area contributed by atoms with Crippen LogP contribution in [0, 0.1) is 6.92 Å². The maximum atomic E-state index is 12.1. The molecular formula is C15H19NO5. The monoisotopic (exact) mass is 293 g/mol. The molecule has 1 aromatic heterocycles. The van der Waals surface area contributed by atoms with Gasteiger partial charge in [-0.05, 0) is 32.0 Å². The van der Waals surface area contributed by atoms with Crippen molar-refractivity contribution in [1.29, 1.82) is 0 Å². The highest BCUT2D eigenvalue weighted by Crippen LogP contribution is 2.29. The Hall–Kier alpha value is -2.05. The van der Waals surface area contributed by atoms with E-state index in [1.165, 1.54) is 12.1 Å². The number of phenols is 1. The Labute approximate surface area is 122 Å². The molecular weight excluding hydrogens is 274 g/mol. The van der Waals surface area contributed by atoms with Gasteiger partial charge in [-0.1, -0.05) is 0 Å². The highest BCUT2D eigenvalue weighted by atomic mass is 16.5. The van der Waals surface area contributed by atoms with Crippen molar-refractivity contribution in [2.24, 2.45) is 0 Å². The number of aliphatic hydroxyl groups excluding tert-OH is 2. The number of carbonyl (C=O) groups excluding carboxylic acids is 1. The molecule has 0 saturated carbocycles. The summed E-state index contributed by atoms with van der Waals surface area (Å²) in [5.74, 6) is -0.421. The molecule has 0 bridgehead atoms. The highest BCUT2D eigenvalue weighted by Gasteiger charge is 2.22. The van der Waals surface area contributed by atoms with Crippen molar-refractivity contribution >= 4 is 16.9 Å². The SMILES string of the molecule is CCOC(=O)c1c(C)n(C[C@@H](O)CO)c2ccc(O)cc12. The number of hydrogen-bond donors (Lipinski definition) is 3. The molecule has 2 rings (SSSR count). The summed E-state index contributed by atoms with van der Waals surface area (Å²) in [7, 11) is 0. The third kappa shape index (κ3) is 2.86. The van der Waals surface area contributed by atoms with E-state index in [2.05, 4.69) is 0 Å².